The highest BCUT2D eigenvalue weighted by Crippen LogP contribution is 2.40. The van der Waals surface area contributed by atoms with Gasteiger partial charge in [0.05, 0.1) is 18.1 Å². The molecular formula is C11H20O3S. The Morgan fingerprint density at radius 2 is 2.33 bits per heavy atom. The molecule has 0 aromatic carbocycles. The number of rotatable bonds is 4. The monoisotopic (exact) mass is 232 g/mol. The van der Waals surface area contributed by atoms with Crippen molar-refractivity contribution in [2.24, 2.45) is 5.92 Å². The van der Waals surface area contributed by atoms with E-state index in [0.717, 1.165) is 0 Å². The van der Waals surface area contributed by atoms with Crippen molar-refractivity contribution in [1.82, 2.24) is 0 Å². The van der Waals surface area contributed by atoms with E-state index in [0.29, 0.717) is 30.5 Å². The molecular weight excluding hydrogens is 212 g/mol. The number of thioether (sulfide) groups is 1. The van der Waals surface area contributed by atoms with E-state index in [1.165, 1.54) is 0 Å². The van der Waals surface area contributed by atoms with Crippen molar-refractivity contribution >= 4 is 17.7 Å². The summed E-state index contributed by atoms with van der Waals surface area (Å²) in [5.74, 6) is 0.0259. The van der Waals surface area contributed by atoms with E-state index in [4.69, 9.17) is 4.74 Å². The second-order valence-electron chi connectivity index (χ2n) is 4.14. The quantitative estimate of drug-likeness (QED) is 0.751. The first-order valence-corrected chi connectivity index (χ1v) is 6.59. The molecule has 1 rings (SSSR count). The van der Waals surface area contributed by atoms with Crippen LogP contribution in [0.1, 0.15) is 33.6 Å². The average Bonchev–Trinajstić information content (AvgIpc) is 2.48. The lowest BCUT2D eigenvalue weighted by molar-refractivity contribution is -0.157. The number of carbonyl (C=O) groups is 1. The van der Waals surface area contributed by atoms with E-state index in [9.17, 15) is 9.90 Å². The van der Waals surface area contributed by atoms with E-state index in [-0.39, 0.29) is 11.9 Å². The Kier molecular flexibility index (Phi) is 4.46. The zero-order chi connectivity index (χ0) is 11.5. The largest absolute Gasteiger partial charge is 0.466 e. The third-order valence-corrected chi connectivity index (χ3v) is 4.29. The van der Waals surface area contributed by atoms with Gasteiger partial charge in [-0.25, -0.2) is 0 Å². The fourth-order valence-electron chi connectivity index (χ4n) is 2.15. The average molecular weight is 232 g/mol. The second kappa shape index (κ2) is 5.21. The highest BCUT2D eigenvalue weighted by atomic mass is 32.2. The molecule has 1 aliphatic heterocycles. The molecule has 1 N–H and O–H groups in total. The van der Waals surface area contributed by atoms with Crippen LogP contribution in [0.2, 0.25) is 0 Å². The third-order valence-electron chi connectivity index (χ3n) is 2.89. The normalized spacial score (nSPS) is 32.7. The first-order valence-electron chi connectivity index (χ1n) is 5.54. The third kappa shape index (κ3) is 2.88. The van der Waals surface area contributed by atoms with Crippen LogP contribution < -0.4 is 0 Å². The zero-order valence-electron chi connectivity index (χ0n) is 9.66. The van der Waals surface area contributed by atoms with Crippen LogP contribution in [0.4, 0.5) is 0 Å². The van der Waals surface area contributed by atoms with Crippen LogP contribution in [0, 0.1) is 5.92 Å². The van der Waals surface area contributed by atoms with Gasteiger partial charge >= 0.3 is 5.97 Å². The highest BCUT2D eigenvalue weighted by Gasteiger charge is 2.46. The Balaban J connectivity index is 2.69. The minimum absolute atomic E-state index is 0.253. The van der Waals surface area contributed by atoms with Crippen LogP contribution in [0.3, 0.4) is 0 Å². The van der Waals surface area contributed by atoms with Gasteiger partial charge in [0.25, 0.3) is 0 Å². The Morgan fingerprint density at radius 3 is 2.73 bits per heavy atom. The van der Waals surface area contributed by atoms with Gasteiger partial charge in [0.1, 0.15) is 0 Å². The lowest BCUT2D eigenvalue weighted by Crippen LogP contribution is -2.43. The highest BCUT2D eigenvalue weighted by molar-refractivity contribution is 8.00. The minimum Gasteiger partial charge on any atom is -0.466 e. The summed E-state index contributed by atoms with van der Waals surface area (Å²) < 4.78 is 5.00. The van der Waals surface area contributed by atoms with Gasteiger partial charge in [-0.2, -0.15) is 11.8 Å². The summed E-state index contributed by atoms with van der Waals surface area (Å²) in [6, 6.07) is 0. The molecule has 3 atom stereocenters. The lowest BCUT2D eigenvalue weighted by Gasteiger charge is -2.29. The van der Waals surface area contributed by atoms with Gasteiger partial charge in [-0.1, -0.05) is 13.8 Å². The molecule has 88 valence electrons. The Hall–Kier alpha value is -0.220. The van der Waals surface area contributed by atoms with Crippen molar-refractivity contribution in [2.45, 2.75) is 44.5 Å². The van der Waals surface area contributed by atoms with Crippen LogP contribution in [0.25, 0.3) is 0 Å². The first kappa shape index (κ1) is 12.8. The van der Waals surface area contributed by atoms with Crippen molar-refractivity contribution < 1.29 is 14.6 Å². The number of esters is 1. The van der Waals surface area contributed by atoms with Crippen molar-refractivity contribution in [3.63, 3.8) is 0 Å². The van der Waals surface area contributed by atoms with Crippen LogP contribution in [0.15, 0.2) is 0 Å². The Labute approximate surface area is 95.6 Å². The number of carbonyl (C=O) groups excluding carboxylic acids is 1. The molecule has 1 heterocycles. The summed E-state index contributed by atoms with van der Waals surface area (Å²) >= 11 is 1.73. The van der Waals surface area contributed by atoms with E-state index >= 15 is 0 Å². The second-order valence-corrected chi connectivity index (χ2v) is 5.57. The van der Waals surface area contributed by atoms with Gasteiger partial charge in [0, 0.05) is 11.0 Å². The molecule has 0 amide bonds. The van der Waals surface area contributed by atoms with Gasteiger partial charge < -0.3 is 9.84 Å². The Bertz CT molecular complexity index is 232. The summed E-state index contributed by atoms with van der Waals surface area (Å²) in [5.41, 5.74) is -0.856. The molecule has 4 heteroatoms. The fraction of sp³-hybridized carbons (Fsp3) is 0.909. The van der Waals surface area contributed by atoms with Gasteiger partial charge in [-0.05, 0) is 19.8 Å². The molecule has 0 aliphatic carbocycles. The van der Waals surface area contributed by atoms with Crippen LogP contribution >= 0.6 is 11.8 Å². The van der Waals surface area contributed by atoms with E-state index in [2.05, 4.69) is 6.92 Å². The summed E-state index contributed by atoms with van der Waals surface area (Å²) in [5, 5.41) is 10.8. The summed E-state index contributed by atoms with van der Waals surface area (Å²) in [4.78, 5) is 11.7. The number of ether oxygens (including phenoxy) is 1. The molecule has 0 saturated carbocycles. The maximum atomic E-state index is 11.7. The maximum Gasteiger partial charge on any atom is 0.311 e. The predicted molar refractivity (Wildman–Crippen MR) is 61.9 cm³/mol. The molecule has 1 aliphatic rings. The number of hydrogen-bond donors (Lipinski definition) is 1. The molecule has 0 radical (unpaired) electrons. The minimum atomic E-state index is -0.856. The molecule has 3 nitrogen and oxygen atoms in total. The molecule has 1 saturated heterocycles. The zero-order valence-corrected chi connectivity index (χ0v) is 10.5. The van der Waals surface area contributed by atoms with Gasteiger partial charge in [0.2, 0.25) is 0 Å². The van der Waals surface area contributed by atoms with Gasteiger partial charge in [0.15, 0.2) is 0 Å². The van der Waals surface area contributed by atoms with Crippen LogP contribution in [0.5, 0.6) is 0 Å². The smallest absolute Gasteiger partial charge is 0.311 e. The van der Waals surface area contributed by atoms with Crippen molar-refractivity contribution in [2.75, 3.05) is 12.4 Å². The lowest BCUT2D eigenvalue weighted by atomic mass is 9.83. The molecule has 3 unspecified atom stereocenters. The van der Waals surface area contributed by atoms with Gasteiger partial charge in [-0.3, -0.25) is 4.79 Å². The number of hydrogen-bond acceptors (Lipinski definition) is 4. The van der Waals surface area contributed by atoms with Crippen molar-refractivity contribution in [3.8, 4) is 0 Å². The Morgan fingerprint density at radius 1 is 1.67 bits per heavy atom. The van der Waals surface area contributed by atoms with Crippen LogP contribution in [-0.2, 0) is 9.53 Å². The molecule has 15 heavy (non-hydrogen) atoms. The van der Waals surface area contributed by atoms with E-state index in [1.54, 1.807) is 18.7 Å². The molecule has 0 aromatic heterocycles. The number of aliphatic hydroxyl groups is 1. The van der Waals surface area contributed by atoms with Gasteiger partial charge in [-0.15, -0.1) is 0 Å². The topological polar surface area (TPSA) is 46.5 Å². The summed E-state index contributed by atoms with van der Waals surface area (Å²) in [6.07, 6.45) is 1.33. The molecule has 0 aromatic rings. The predicted octanol–water partition coefficient (Wildman–Crippen LogP) is 1.83. The maximum absolute atomic E-state index is 11.7. The first-order chi connectivity index (χ1) is 7.03. The van der Waals surface area contributed by atoms with E-state index < -0.39 is 5.60 Å². The standard InChI is InChI=1S/C11H20O3S/c1-4-9(10(12)14-5-2)11(13)6-8(3)15-7-11/h8-9,13H,4-7H2,1-3H3. The van der Waals surface area contributed by atoms with Crippen LogP contribution in [-0.4, -0.2) is 34.3 Å². The van der Waals surface area contributed by atoms with E-state index in [1.807, 2.05) is 6.92 Å². The van der Waals surface area contributed by atoms with Crippen molar-refractivity contribution in [1.29, 1.82) is 0 Å². The molecule has 1 fully saturated rings. The summed E-state index contributed by atoms with van der Waals surface area (Å²) in [6.45, 7) is 6.18. The van der Waals surface area contributed by atoms with Crippen molar-refractivity contribution in [3.05, 3.63) is 0 Å². The summed E-state index contributed by atoms with van der Waals surface area (Å²) in [7, 11) is 0. The fourth-order valence-corrected chi connectivity index (χ4v) is 3.45. The SMILES string of the molecule is CCOC(=O)C(CC)C1(O)CSC(C)C1. The molecule has 0 spiro atoms. The molecule has 0 bridgehead atoms.